The molecule has 3 heterocycles. The second kappa shape index (κ2) is 8.88. The average molecular weight is 470 g/mol. The molecule has 5 nitrogen and oxygen atoms in total. The smallest absolute Gasteiger partial charge is 0.339 e. The van der Waals surface area contributed by atoms with Crippen LogP contribution in [0.15, 0.2) is 75.3 Å². The van der Waals surface area contributed by atoms with Crippen LogP contribution >= 0.6 is 11.3 Å². The number of ether oxygens (including phenoxy) is 1. The third-order valence-electron chi connectivity index (χ3n) is 5.91. The van der Waals surface area contributed by atoms with Gasteiger partial charge in [0.25, 0.3) is 0 Å². The number of rotatable bonds is 5. The molecule has 0 radical (unpaired) electrons. The SMILES string of the molecule is Cc1cc2oc(=O)cc(COC(=O)c3cc(-c4cccs4)nc4ccccc34)c2cc1C(C)C. The number of hydrogen-bond donors (Lipinski definition) is 0. The van der Waals surface area contributed by atoms with E-state index < -0.39 is 11.6 Å². The van der Waals surface area contributed by atoms with Gasteiger partial charge in [-0.05, 0) is 59.7 Å². The van der Waals surface area contributed by atoms with E-state index in [1.807, 2.05) is 60.8 Å². The van der Waals surface area contributed by atoms with Gasteiger partial charge in [-0.2, -0.15) is 0 Å². The summed E-state index contributed by atoms with van der Waals surface area (Å²) in [4.78, 5) is 31.1. The number of aromatic nitrogens is 1. The number of aryl methyl sites for hydroxylation is 1. The predicted octanol–water partition coefficient (Wildman–Crippen LogP) is 6.86. The molecule has 2 aromatic carbocycles. The van der Waals surface area contributed by atoms with E-state index in [1.165, 1.54) is 6.07 Å². The van der Waals surface area contributed by atoms with Crippen molar-refractivity contribution in [2.24, 2.45) is 0 Å². The third-order valence-corrected chi connectivity index (χ3v) is 6.80. The fourth-order valence-corrected chi connectivity index (χ4v) is 4.93. The molecule has 0 saturated carbocycles. The van der Waals surface area contributed by atoms with Gasteiger partial charge in [-0.15, -0.1) is 11.3 Å². The number of carbonyl (C=O) groups is 1. The highest BCUT2D eigenvalue weighted by atomic mass is 32.1. The molecule has 0 fully saturated rings. The third kappa shape index (κ3) is 4.13. The second-order valence-corrected chi connectivity index (χ2v) is 9.52. The topological polar surface area (TPSA) is 69.4 Å². The number of para-hydroxylation sites is 1. The molecule has 5 rings (SSSR count). The standard InChI is InChI=1S/C28H23NO4S/c1-16(2)20-13-21-18(12-27(30)33-25(21)11-17(20)3)15-32-28(31)22-14-24(26-9-6-10-34-26)29-23-8-5-4-7-19(22)23/h4-14,16H,15H2,1-3H3. The maximum atomic E-state index is 13.3. The average Bonchev–Trinajstić information content (AvgIpc) is 3.36. The van der Waals surface area contributed by atoms with Gasteiger partial charge in [-0.1, -0.05) is 38.1 Å². The molecule has 0 aliphatic carbocycles. The number of hydrogen-bond acceptors (Lipinski definition) is 6. The number of fused-ring (bicyclic) bond motifs is 2. The van der Waals surface area contributed by atoms with Crippen molar-refractivity contribution in [1.82, 2.24) is 4.98 Å². The number of esters is 1. The first-order valence-corrected chi connectivity index (χ1v) is 12.0. The van der Waals surface area contributed by atoms with E-state index in [2.05, 4.69) is 13.8 Å². The number of nitrogens with zero attached hydrogens (tertiary/aromatic N) is 1. The summed E-state index contributed by atoms with van der Waals surface area (Å²) >= 11 is 1.56. The number of benzene rings is 2. The lowest BCUT2D eigenvalue weighted by atomic mass is 9.95. The first kappa shape index (κ1) is 22.0. The first-order chi connectivity index (χ1) is 16.4. The summed E-state index contributed by atoms with van der Waals surface area (Å²) < 4.78 is 11.2. The Kier molecular flexibility index (Phi) is 5.75. The Bertz CT molecular complexity index is 1580. The number of thiophene rings is 1. The lowest BCUT2D eigenvalue weighted by molar-refractivity contribution is 0.0476. The lowest BCUT2D eigenvalue weighted by Gasteiger charge is -2.13. The molecule has 0 saturated heterocycles. The summed E-state index contributed by atoms with van der Waals surface area (Å²) in [6.07, 6.45) is 0. The Balaban J connectivity index is 1.53. The first-order valence-electron chi connectivity index (χ1n) is 11.1. The van der Waals surface area contributed by atoms with Gasteiger partial charge >= 0.3 is 11.6 Å². The molecule has 0 bridgehead atoms. The minimum Gasteiger partial charge on any atom is -0.457 e. The van der Waals surface area contributed by atoms with Crippen molar-refractivity contribution in [2.75, 3.05) is 0 Å². The van der Waals surface area contributed by atoms with Crippen molar-refractivity contribution in [3.8, 4) is 10.6 Å². The van der Waals surface area contributed by atoms with Crippen LogP contribution in [0.1, 0.15) is 46.8 Å². The second-order valence-electron chi connectivity index (χ2n) is 8.58. The molecule has 0 unspecified atom stereocenters. The molecule has 0 spiro atoms. The van der Waals surface area contributed by atoms with Crippen LogP contribution in [0, 0.1) is 6.92 Å². The number of pyridine rings is 1. The van der Waals surface area contributed by atoms with Crippen LogP contribution < -0.4 is 5.63 Å². The largest absolute Gasteiger partial charge is 0.457 e. The number of carbonyl (C=O) groups excluding carboxylic acids is 1. The van der Waals surface area contributed by atoms with E-state index in [0.29, 0.717) is 22.6 Å². The summed E-state index contributed by atoms with van der Waals surface area (Å²) in [6.45, 7) is 6.20. The molecule has 0 aliphatic heterocycles. The van der Waals surface area contributed by atoms with Gasteiger partial charge in [0, 0.05) is 22.4 Å². The Hall–Kier alpha value is -3.77. The van der Waals surface area contributed by atoms with Crippen molar-refractivity contribution in [3.63, 3.8) is 0 Å². The molecule has 170 valence electrons. The summed E-state index contributed by atoms with van der Waals surface area (Å²) in [5.41, 5.74) is 4.77. The molecule has 3 aromatic heterocycles. The molecule has 0 atom stereocenters. The Morgan fingerprint density at radius 3 is 2.65 bits per heavy atom. The molecule has 6 heteroatoms. The van der Waals surface area contributed by atoms with Crippen LogP contribution in [-0.2, 0) is 11.3 Å². The predicted molar refractivity (Wildman–Crippen MR) is 135 cm³/mol. The molecule has 0 aliphatic rings. The molecular formula is C28H23NO4S. The summed E-state index contributed by atoms with van der Waals surface area (Å²) in [6, 6.07) is 18.5. The van der Waals surface area contributed by atoms with Gasteiger partial charge in [0.1, 0.15) is 12.2 Å². The van der Waals surface area contributed by atoms with Crippen molar-refractivity contribution >= 4 is 39.2 Å². The molecular weight excluding hydrogens is 446 g/mol. The summed E-state index contributed by atoms with van der Waals surface area (Å²) in [5.74, 6) is -0.153. The molecule has 0 N–H and O–H groups in total. The van der Waals surface area contributed by atoms with Crippen LogP contribution in [-0.4, -0.2) is 11.0 Å². The van der Waals surface area contributed by atoms with Crippen molar-refractivity contribution in [3.05, 3.63) is 98.7 Å². The zero-order valence-electron chi connectivity index (χ0n) is 19.1. The Morgan fingerprint density at radius 2 is 1.88 bits per heavy atom. The van der Waals surface area contributed by atoms with E-state index in [4.69, 9.17) is 14.1 Å². The highest BCUT2D eigenvalue weighted by molar-refractivity contribution is 7.13. The van der Waals surface area contributed by atoms with E-state index in [1.54, 1.807) is 17.4 Å². The fourth-order valence-electron chi connectivity index (χ4n) is 4.25. The highest BCUT2D eigenvalue weighted by Gasteiger charge is 2.17. The minimum atomic E-state index is -0.468. The maximum Gasteiger partial charge on any atom is 0.339 e. The van der Waals surface area contributed by atoms with Gasteiger partial charge < -0.3 is 9.15 Å². The van der Waals surface area contributed by atoms with Crippen LogP contribution in [0.3, 0.4) is 0 Å². The van der Waals surface area contributed by atoms with Crippen molar-refractivity contribution < 1.29 is 13.9 Å². The lowest BCUT2D eigenvalue weighted by Crippen LogP contribution is -2.09. The van der Waals surface area contributed by atoms with E-state index in [-0.39, 0.29) is 6.61 Å². The zero-order chi connectivity index (χ0) is 23.8. The normalized spacial score (nSPS) is 11.4. The van der Waals surface area contributed by atoms with Crippen LogP contribution in [0.4, 0.5) is 0 Å². The molecule has 34 heavy (non-hydrogen) atoms. The maximum absolute atomic E-state index is 13.3. The van der Waals surface area contributed by atoms with Crippen LogP contribution in [0.25, 0.3) is 32.4 Å². The van der Waals surface area contributed by atoms with Gasteiger partial charge in [-0.25, -0.2) is 14.6 Å². The molecule has 0 amide bonds. The van der Waals surface area contributed by atoms with Gasteiger partial charge in [-0.3, -0.25) is 0 Å². The van der Waals surface area contributed by atoms with Crippen molar-refractivity contribution in [1.29, 1.82) is 0 Å². The molecule has 5 aromatic rings. The quantitative estimate of drug-likeness (QED) is 0.208. The van der Waals surface area contributed by atoms with Gasteiger partial charge in [0.2, 0.25) is 0 Å². The van der Waals surface area contributed by atoms with Crippen LogP contribution in [0.2, 0.25) is 0 Å². The summed E-state index contributed by atoms with van der Waals surface area (Å²) in [5, 5.41) is 3.48. The highest BCUT2D eigenvalue weighted by Crippen LogP contribution is 2.30. The minimum absolute atomic E-state index is 0.0352. The Morgan fingerprint density at radius 1 is 1.06 bits per heavy atom. The van der Waals surface area contributed by atoms with Gasteiger partial charge in [0.15, 0.2) is 0 Å². The van der Waals surface area contributed by atoms with Crippen molar-refractivity contribution in [2.45, 2.75) is 33.3 Å². The van der Waals surface area contributed by atoms with E-state index in [0.717, 1.165) is 38.0 Å². The zero-order valence-corrected chi connectivity index (χ0v) is 19.9. The van der Waals surface area contributed by atoms with Crippen LogP contribution in [0.5, 0.6) is 0 Å². The fraction of sp³-hybridized carbons (Fsp3) is 0.179. The van der Waals surface area contributed by atoms with Gasteiger partial charge in [0.05, 0.1) is 21.7 Å². The summed E-state index contributed by atoms with van der Waals surface area (Å²) in [7, 11) is 0. The van der Waals surface area contributed by atoms with E-state index in [9.17, 15) is 9.59 Å². The van der Waals surface area contributed by atoms with E-state index >= 15 is 0 Å². The Labute approximate surface area is 200 Å². The monoisotopic (exact) mass is 469 g/mol.